The van der Waals surface area contributed by atoms with Crippen molar-refractivity contribution < 1.29 is 37.2 Å². The number of alkyl halides is 2. The summed E-state index contributed by atoms with van der Waals surface area (Å²) in [6.07, 6.45) is 1.31. The maximum absolute atomic E-state index is 16.3. The summed E-state index contributed by atoms with van der Waals surface area (Å²) in [5, 5.41) is 31.9. The fraction of sp³-hybridized carbons (Fsp3) is 0.480. The average Bonchev–Trinajstić information content (AvgIpc) is 3.28. The van der Waals surface area contributed by atoms with Crippen LogP contribution in [0.5, 0.6) is 5.75 Å². The highest BCUT2D eigenvalue weighted by atomic mass is 19.3. The van der Waals surface area contributed by atoms with E-state index in [2.05, 4.69) is 15.5 Å². The van der Waals surface area contributed by atoms with E-state index in [1.54, 1.807) is 12.1 Å². The predicted molar refractivity (Wildman–Crippen MR) is 119 cm³/mol. The summed E-state index contributed by atoms with van der Waals surface area (Å²) < 4.78 is 72.3. The Morgan fingerprint density at radius 3 is 2.32 bits per heavy atom. The molecule has 196 valence electrons. The monoisotopic (exact) mass is 520 g/mol. The third-order valence-electron chi connectivity index (χ3n) is 8.09. The van der Waals surface area contributed by atoms with Crippen molar-refractivity contribution in [2.45, 2.75) is 48.3 Å². The molecule has 7 rings (SSSR count). The molecule has 4 aliphatic rings. The van der Waals surface area contributed by atoms with Gasteiger partial charge in [-0.15, -0.1) is 5.10 Å². The molecule has 2 aromatic carbocycles. The summed E-state index contributed by atoms with van der Waals surface area (Å²) in [5.41, 5.74) is -5.92. The fourth-order valence-electron chi connectivity index (χ4n) is 6.07. The Bertz CT molecular complexity index is 1300. The van der Waals surface area contributed by atoms with E-state index in [1.165, 1.54) is 0 Å². The molecule has 1 unspecified atom stereocenters. The summed E-state index contributed by atoms with van der Waals surface area (Å²) in [6.45, 7) is -0.293. The van der Waals surface area contributed by atoms with E-state index in [1.807, 2.05) is 12.1 Å². The van der Waals surface area contributed by atoms with E-state index in [9.17, 15) is 19.0 Å². The van der Waals surface area contributed by atoms with Gasteiger partial charge in [0.1, 0.15) is 35.9 Å². The second kappa shape index (κ2) is 7.95. The lowest BCUT2D eigenvalue weighted by Gasteiger charge is -2.74. The van der Waals surface area contributed by atoms with E-state index in [0.717, 1.165) is 28.7 Å². The maximum Gasteiger partial charge on any atom is 0.287 e. The number of tetrazole rings is 1. The van der Waals surface area contributed by atoms with Gasteiger partial charge < -0.3 is 19.7 Å². The van der Waals surface area contributed by atoms with E-state index >= 15 is 8.78 Å². The SMILES string of the molecule is OC1(COc2ccc(C34CC(C(F)(F)C(O)(Cn5cnnn5)c5ccc(F)cc5F)(C3)C4)cc2)COC1. The lowest BCUT2D eigenvalue weighted by atomic mass is 9.30. The van der Waals surface area contributed by atoms with Gasteiger partial charge in [-0.2, -0.15) is 0 Å². The van der Waals surface area contributed by atoms with Gasteiger partial charge in [-0.3, -0.25) is 0 Å². The van der Waals surface area contributed by atoms with Gasteiger partial charge in [0.2, 0.25) is 0 Å². The molecule has 2 bridgehead atoms. The number of aliphatic hydroxyl groups is 2. The van der Waals surface area contributed by atoms with Crippen LogP contribution in [0.3, 0.4) is 0 Å². The lowest BCUT2D eigenvalue weighted by Crippen LogP contribution is -2.76. The Hall–Kier alpha value is -3.09. The zero-order valence-electron chi connectivity index (χ0n) is 19.6. The molecular weight excluding hydrogens is 496 g/mol. The number of ether oxygens (including phenoxy) is 2. The van der Waals surface area contributed by atoms with Crippen LogP contribution >= 0.6 is 0 Å². The minimum absolute atomic E-state index is 0.0883. The molecule has 1 aromatic heterocycles. The Labute approximate surface area is 208 Å². The number of hydrogen-bond acceptors (Lipinski definition) is 7. The van der Waals surface area contributed by atoms with Gasteiger partial charge in [-0.25, -0.2) is 22.2 Å². The number of rotatable bonds is 9. The summed E-state index contributed by atoms with van der Waals surface area (Å²) in [4.78, 5) is 0. The van der Waals surface area contributed by atoms with Crippen LogP contribution in [0.15, 0.2) is 48.8 Å². The van der Waals surface area contributed by atoms with Gasteiger partial charge in [0.25, 0.3) is 5.92 Å². The Balaban J connectivity index is 1.22. The molecule has 1 saturated heterocycles. The van der Waals surface area contributed by atoms with Crippen LogP contribution in [0, 0.1) is 17.0 Å². The van der Waals surface area contributed by atoms with E-state index < -0.39 is 51.7 Å². The molecule has 8 nitrogen and oxygen atoms in total. The summed E-state index contributed by atoms with van der Waals surface area (Å²) in [7, 11) is 0. The Kier molecular flexibility index (Phi) is 5.21. The molecule has 2 heterocycles. The molecule has 1 atom stereocenters. The van der Waals surface area contributed by atoms with Crippen LogP contribution in [0.1, 0.15) is 30.4 Å². The van der Waals surface area contributed by atoms with Gasteiger partial charge in [-0.1, -0.05) is 12.1 Å². The molecule has 3 saturated carbocycles. The van der Waals surface area contributed by atoms with Gasteiger partial charge in [0.15, 0.2) is 5.60 Å². The van der Waals surface area contributed by atoms with Crippen molar-refractivity contribution in [1.29, 1.82) is 0 Å². The van der Waals surface area contributed by atoms with Gasteiger partial charge in [0, 0.05) is 17.0 Å². The van der Waals surface area contributed by atoms with Crippen molar-refractivity contribution in [3.63, 3.8) is 0 Å². The van der Waals surface area contributed by atoms with Gasteiger partial charge in [0.05, 0.1) is 19.8 Å². The highest BCUT2D eigenvalue weighted by Gasteiger charge is 2.82. The average molecular weight is 520 g/mol. The van der Waals surface area contributed by atoms with Gasteiger partial charge >= 0.3 is 0 Å². The maximum atomic E-state index is 16.3. The zero-order valence-corrected chi connectivity index (χ0v) is 19.6. The first-order chi connectivity index (χ1) is 17.5. The fourth-order valence-corrected chi connectivity index (χ4v) is 6.07. The Morgan fingerprint density at radius 2 is 1.76 bits per heavy atom. The highest BCUT2D eigenvalue weighted by Crippen LogP contribution is 2.80. The molecule has 0 radical (unpaired) electrons. The second-order valence-corrected chi connectivity index (χ2v) is 10.7. The van der Waals surface area contributed by atoms with Crippen LogP contribution in [-0.2, 0) is 22.3 Å². The van der Waals surface area contributed by atoms with E-state index in [-0.39, 0.29) is 39.1 Å². The number of hydrogen-bond donors (Lipinski definition) is 2. The third-order valence-corrected chi connectivity index (χ3v) is 8.09. The molecule has 12 heteroatoms. The number of halogens is 4. The van der Waals surface area contributed by atoms with Crippen LogP contribution in [0.25, 0.3) is 0 Å². The molecule has 0 amide bonds. The minimum atomic E-state index is -3.78. The lowest BCUT2D eigenvalue weighted by molar-refractivity contribution is -0.347. The zero-order chi connectivity index (χ0) is 26.1. The summed E-state index contributed by atoms with van der Waals surface area (Å²) in [6, 6.07) is 9.23. The predicted octanol–water partition coefficient (Wildman–Crippen LogP) is 2.74. The van der Waals surface area contributed by atoms with Crippen molar-refractivity contribution in [1.82, 2.24) is 20.2 Å². The summed E-state index contributed by atoms with van der Waals surface area (Å²) in [5.74, 6) is -5.46. The molecule has 4 fully saturated rings. The van der Waals surface area contributed by atoms with Crippen LogP contribution < -0.4 is 4.74 Å². The Morgan fingerprint density at radius 1 is 1.05 bits per heavy atom. The van der Waals surface area contributed by atoms with Crippen molar-refractivity contribution >= 4 is 0 Å². The van der Waals surface area contributed by atoms with E-state index in [0.29, 0.717) is 11.8 Å². The van der Waals surface area contributed by atoms with Crippen LogP contribution in [0.2, 0.25) is 0 Å². The van der Waals surface area contributed by atoms with Crippen molar-refractivity contribution in [2.75, 3.05) is 19.8 Å². The largest absolute Gasteiger partial charge is 0.490 e. The quantitative estimate of drug-likeness (QED) is 0.419. The van der Waals surface area contributed by atoms with Crippen LogP contribution in [-0.4, -0.2) is 61.8 Å². The first-order valence-corrected chi connectivity index (χ1v) is 11.8. The molecule has 3 aliphatic carbocycles. The van der Waals surface area contributed by atoms with Crippen LogP contribution in [0.4, 0.5) is 17.6 Å². The highest BCUT2D eigenvalue weighted by molar-refractivity contribution is 5.44. The minimum Gasteiger partial charge on any atom is -0.490 e. The standard InChI is InChI=1S/C25H24F4N4O4/c26-17-3-6-19(20(27)7-17)24(35,11-33-15-30-31-32-33)25(28,29)22-8-21(9-22,10-22)16-1-4-18(5-2-16)37-14-23(34)12-36-13-23/h1-7,15,34-35H,8-14H2. The number of benzene rings is 2. The van der Waals surface area contributed by atoms with Crippen molar-refractivity contribution in [2.24, 2.45) is 5.41 Å². The topological polar surface area (TPSA) is 103 Å². The first-order valence-electron chi connectivity index (χ1n) is 11.8. The normalized spacial score (nSPS) is 27.4. The number of nitrogens with zero attached hydrogens (tertiary/aromatic N) is 4. The van der Waals surface area contributed by atoms with Crippen molar-refractivity contribution in [3.05, 3.63) is 71.6 Å². The molecule has 0 spiro atoms. The smallest absolute Gasteiger partial charge is 0.287 e. The first kappa shape index (κ1) is 24.3. The molecular formula is C25H24F4N4O4. The number of aromatic nitrogens is 4. The molecule has 37 heavy (non-hydrogen) atoms. The molecule has 3 aromatic rings. The van der Waals surface area contributed by atoms with Crippen molar-refractivity contribution in [3.8, 4) is 5.75 Å². The van der Waals surface area contributed by atoms with E-state index in [4.69, 9.17) is 9.47 Å². The molecule has 2 N–H and O–H groups in total. The second-order valence-electron chi connectivity index (χ2n) is 10.7. The third kappa shape index (κ3) is 3.57. The van der Waals surface area contributed by atoms with Gasteiger partial charge in [-0.05, 0) is 64.9 Å². The molecule has 1 aliphatic heterocycles. The summed E-state index contributed by atoms with van der Waals surface area (Å²) >= 11 is 0.